The fourth-order valence-electron chi connectivity index (χ4n) is 3.34. The first-order chi connectivity index (χ1) is 10.6. The smallest absolute Gasteiger partial charge is 0.166 e. The number of hydrogen-bond acceptors (Lipinski definition) is 1. The minimum atomic E-state index is 0.131. The zero-order valence-corrected chi connectivity index (χ0v) is 13.9. The van der Waals surface area contributed by atoms with Gasteiger partial charge in [0.2, 0.25) is 0 Å². The molecule has 110 valence electrons. The number of aryl methyl sites for hydroxylation is 1. The summed E-state index contributed by atoms with van der Waals surface area (Å²) in [6.45, 7) is 0. The maximum atomic E-state index is 12.6. The summed E-state index contributed by atoms with van der Waals surface area (Å²) < 4.78 is 3.23. The third-order valence-corrected chi connectivity index (χ3v) is 5.06. The number of ketones is 1. The topological polar surface area (TPSA) is 22.0 Å². The largest absolute Gasteiger partial charge is 0.350 e. The Kier molecular flexibility index (Phi) is 3.19. The number of halogens is 1. The Morgan fingerprint density at radius 2 is 1.95 bits per heavy atom. The molecule has 0 bridgehead atoms. The highest BCUT2D eigenvalue weighted by Crippen LogP contribution is 2.51. The molecule has 1 aliphatic rings. The molecule has 0 amide bonds. The summed E-state index contributed by atoms with van der Waals surface area (Å²) in [5.41, 5.74) is 3.35. The number of rotatable bonds is 3. The monoisotopic (exact) mass is 353 g/mol. The summed E-state index contributed by atoms with van der Waals surface area (Å²) in [4.78, 5) is 12.6. The summed E-state index contributed by atoms with van der Waals surface area (Å²) in [5, 5.41) is 1.25. The number of carbonyl (C=O) groups is 1. The van der Waals surface area contributed by atoms with Crippen LogP contribution in [0.5, 0.6) is 0 Å². The van der Waals surface area contributed by atoms with E-state index in [-0.39, 0.29) is 11.7 Å². The number of benzene rings is 2. The quantitative estimate of drug-likeness (QED) is 0.612. The number of fused-ring (bicyclic) bond motifs is 1. The Hall–Kier alpha value is -1.87. The third-order valence-electron chi connectivity index (χ3n) is 4.57. The third kappa shape index (κ3) is 2.20. The van der Waals surface area contributed by atoms with Gasteiger partial charge in [-0.15, -0.1) is 0 Å². The van der Waals surface area contributed by atoms with E-state index in [1.54, 1.807) is 0 Å². The molecule has 0 aliphatic heterocycles. The SMILES string of the molecule is Cn1cc(C2CC2C(=O)c2ccccc2)c2cc(Br)ccc21. The number of Topliss-reactive ketones (excluding diaryl/α,β-unsaturated/α-hetero) is 1. The lowest BCUT2D eigenvalue weighted by molar-refractivity contribution is 0.0965. The van der Waals surface area contributed by atoms with Gasteiger partial charge in [0.05, 0.1) is 0 Å². The number of aromatic nitrogens is 1. The van der Waals surface area contributed by atoms with E-state index in [0.717, 1.165) is 16.5 Å². The van der Waals surface area contributed by atoms with Gasteiger partial charge in [0.25, 0.3) is 0 Å². The van der Waals surface area contributed by atoms with E-state index in [9.17, 15) is 4.79 Å². The number of nitrogens with zero attached hydrogens (tertiary/aromatic N) is 1. The standard InChI is InChI=1S/C19H16BrNO/c1-21-11-17(15-9-13(20)7-8-18(15)21)14-10-16(14)19(22)12-5-3-2-4-6-12/h2-9,11,14,16H,10H2,1H3. The van der Waals surface area contributed by atoms with Crippen molar-refractivity contribution in [1.82, 2.24) is 4.57 Å². The Balaban J connectivity index is 1.68. The average Bonchev–Trinajstić information content (AvgIpc) is 3.26. The molecule has 1 fully saturated rings. The van der Waals surface area contributed by atoms with Crippen molar-refractivity contribution >= 4 is 32.6 Å². The van der Waals surface area contributed by atoms with Crippen molar-refractivity contribution in [2.24, 2.45) is 13.0 Å². The van der Waals surface area contributed by atoms with Crippen molar-refractivity contribution in [3.05, 3.63) is 70.3 Å². The molecular formula is C19H16BrNO. The van der Waals surface area contributed by atoms with E-state index in [0.29, 0.717) is 5.92 Å². The van der Waals surface area contributed by atoms with Crippen LogP contribution in [0.1, 0.15) is 28.3 Å². The molecule has 0 radical (unpaired) electrons. The first-order valence-corrected chi connectivity index (χ1v) is 8.28. The van der Waals surface area contributed by atoms with Crippen LogP contribution in [0.15, 0.2) is 59.2 Å². The predicted octanol–water partition coefficient (Wildman–Crippen LogP) is 4.93. The highest BCUT2D eigenvalue weighted by atomic mass is 79.9. The van der Waals surface area contributed by atoms with E-state index in [2.05, 4.69) is 51.9 Å². The van der Waals surface area contributed by atoms with Gasteiger partial charge in [0.1, 0.15) is 0 Å². The molecule has 1 aromatic heterocycles. The summed E-state index contributed by atoms with van der Waals surface area (Å²) >= 11 is 3.55. The minimum absolute atomic E-state index is 0.131. The van der Waals surface area contributed by atoms with Gasteiger partial charge in [-0.2, -0.15) is 0 Å². The molecule has 2 unspecified atom stereocenters. The van der Waals surface area contributed by atoms with Crippen molar-refractivity contribution in [1.29, 1.82) is 0 Å². The second-order valence-electron chi connectivity index (χ2n) is 6.04. The van der Waals surface area contributed by atoms with Crippen LogP contribution < -0.4 is 0 Å². The highest BCUT2D eigenvalue weighted by Gasteiger charge is 2.45. The first-order valence-electron chi connectivity index (χ1n) is 7.49. The second kappa shape index (κ2) is 5.10. The Morgan fingerprint density at radius 3 is 2.73 bits per heavy atom. The highest BCUT2D eigenvalue weighted by molar-refractivity contribution is 9.10. The van der Waals surface area contributed by atoms with Gasteiger partial charge in [0.15, 0.2) is 5.78 Å². The van der Waals surface area contributed by atoms with Gasteiger partial charge in [-0.25, -0.2) is 0 Å². The fourth-order valence-corrected chi connectivity index (χ4v) is 3.70. The van der Waals surface area contributed by atoms with Crippen LogP contribution in [0.25, 0.3) is 10.9 Å². The van der Waals surface area contributed by atoms with Crippen molar-refractivity contribution in [3.8, 4) is 0 Å². The van der Waals surface area contributed by atoms with Crippen molar-refractivity contribution in [2.75, 3.05) is 0 Å². The van der Waals surface area contributed by atoms with Crippen LogP contribution in [0.2, 0.25) is 0 Å². The Bertz CT molecular complexity index is 866. The van der Waals surface area contributed by atoms with E-state index in [1.807, 2.05) is 30.3 Å². The van der Waals surface area contributed by atoms with Gasteiger partial charge in [-0.1, -0.05) is 46.3 Å². The minimum Gasteiger partial charge on any atom is -0.350 e. The molecule has 1 saturated carbocycles. The van der Waals surface area contributed by atoms with Crippen LogP contribution in [0, 0.1) is 5.92 Å². The Morgan fingerprint density at radius 1 is 1.18 bits per heavy atom. The number of hydrogen-bond donors (Lipinski definition) is 0. The van der Waals surface area contributed by atoms with E-state index >= 15 is 0 Å². The molecule has 0 N–H and O–H groups in total. The lowest BCUT2D eigenvalue weighted by Gasteiger charge is -2.00. The van der Waals surface area contributed by atoms with Crippen molar-refractivity contribution in [2.45, 2.75) is 12.3 Å². The molecule has 2 aromatic carbocycles. The average molecular weight is 354 g/mol. The van der Waals surface area contributed by atoms with Crippen LogP contribution in [-0.2, 0) is 7.05 Å². The van der Waals surface area contributed by atoms with Gasteiger partial charge >= 0.3 is 0 Å². The zero-order valence-electron chi connectivity index (χ0n) is 12.3. The molecule has 0 saturated heterocycles. The predicted molar refractivity (Wildman–Crippen MR) is 92.2 cm³/mol. The van der Waals surface area contributed by atoms with Crippen molar-refractivity contribution < 1.29 is 4.79 Å². The van der Waals surface area contributed by atoms with Crippen LogP contribution in [0.4, 0.5) is 0 Å². The van der Waals surface area contributed by atoms with Gasteiger partial charge in [-0.3, -0.25) is 4.79 Å². The molecule has 2 atom stereocenters. The molecule has 2 nitrogen and oxygen atoms in total. The Labute approximate surface area is 137 Å². The first kappa shape index (κ1) is 13.8. The summed E-state index contributed by atoms with van der Waals surface area (Å²) in [6.07, 6.45) is 3.14. The summed E-state index contributed by atoms with van der Waals surface area (Å²) in [5.74, 6) is 0.760. The van der Waals surface area contributed by atoms with Gasteiger partial charge < -0.3 is 4.57 Å². The fraction of sp³-hybridized carbons (Fsp3) is 0.211. The van der Waals surface area contributed by atoms with Crippen LogP contribution in [0.3, 0.4) is 0 Å². The molecular weight excluding hydrogens is 338 g/mol. The zero-order chi connectivity index (χ0) is 15.3. The summed E-state index contributed by atoms with van der Waals surface area (Å²) in [6, 6.07) is 16.0. The van der Waals surface area contributed by atoms with Crippen LogP contribution in [-0.4, -0.2) is 10.4 Å². The molecule has 1 aliphatic carbocycles. The molecule has 1 heterocycles. The van der Waals surface area contributed by atoms with Gasteiger partial charge in [-0.05, 0) is 36.1 Å². The summed E-state index contributed by atoms with van der Waals surface area (Å²) in [7, 11) is 2.07. The lowest BCUT2D eigenvalue weighted by Crippen LogP contribution is -2.02. The lowest BCUT2D eigenvalue weighted by atomic mass is 10.0. The van der Waals surface area contributed by atoms with E-state index < -0.39 is 0 Å². The molecule has 0 spiro atoms. The van der Waals surface area contributed by atoms with E-state index in [1.165, 1.54) is 16.5 Å². The molecule has 3 aromatic rings. The van der Waals surface area contributed by atoms with Crippen molar-refractivity contribution in [3.63, 3.8) is 0 Å². The van der Waals surface area contributed by atoms with E-state index in [4.69, 9.17) is 0 Å². The molecule has 3 heteroatoms. The number of carbonyl (C=O) groups excluding carboxylic acids is 1. The normalized spacial score (nSPS) is 20.3. The molecule has 22 heavy (non-hydrogen) atoms. The second-order valence-corrected chi connectivity index (χ2v) is 6.95. The molecule has 4 rings (SSSR count). The van der Waals surface area contributed by atoms with Crippen LogP contribution >= 0.6 is 15.9 Å². The maximum absolute atomic E-state index is 12.6. The van der Waals surface area contributed by atoms with Gasteiger partial charge in [0, 0.05) is 40.1 Å². The maximum Gasteiger partial charge on any atom is 0.166 e.